The Morgan fingerprint density at radius 1 is 1.17 bits per heavy atom. The molecule has 6 aliphatic rings. The van der Waals surface area contributed by atoms with Gasteiger partial charge in [0.05, 0.1) is 31.4 Å². The van der Waals surface area contributed by atoms with E-state index in [1.165, 1.54) is 25.5 Å². The molecule has 1 aromatic carbocycles. The minimum atomic E-state index is -0.558. The molecule has 29 heavy (non-hydrogen) atoms. The van der Waals surface area contributed by atoms with Crippen molar-refractivity contribution in [3.05, 3.63) is 23.8 Å². The normalized spacial score (nSPS) is 41.5. The van der Waals surface area contributed by atoms with Crippen molar-refractivity contribution in [3.63, 3.8) is 0 Å². The molecule has 0 radical (unpaired) electrons. The van der Waals surface area contributed by atoms with Crippen LogP contribution in [0.4, 0.5) is 5.69 Å². The highest BCUT2D eigenvalue weighted by molar-refractivity contribution is 5.93. The van der Waals surface area contributed by atoms with Crippen molar-refractivity contribution < 1.29 is 19.1 Å². The number of amides is 1. The maximum Gasteiger partial charge on any atom is 0.311 e. The summed E-state index contributed by atoms with van der Waals surface area (Å²) in [4.78, 5) is 30.4. The summed E-state index contributed by atoms with van der Waals surface area (Å²) in [5, 5.41) is 0. The first-order valence-corrected chi connectivity index (χ1v) is 10.8. The molecule has 3 aliphatic carbocycles. The smallest absolute Gasteiger partial charge is 0.311 e. The first kappa shape index (κ1) is 17.8. The fourth-order valence-corrected chi connectivity index (χ4v) is 8.65. The van der Waals surface area contributed by atoms with Crippen molar-refractivity contribution in [2.24, 2.45) is 11.3 Å². The van der Waals surface area contributed by atoms with Crippen molar-refractivity contribution in [1.82, 2.24) is 4.90 Å². The quantitative estimate of drug-likeness (QED) is 0.580. The van der Waals surface area contributed by atoms with Gasteiger partial charge in [-0.1, -0.05) is 12.1 Å². The van der Waals surface area contributed by atoms with Crippen LogP contribution in [0.5, 0.6) is 5.75 Å². The number of methoxy groups -OCH3 is 2. The maximum atomic E-state index is 13.2. The molecule has 3 aliphatic heterocycles. The Morgan fingerprint density at radius 3 is 2.79 bits per heavy atom. The van der Waals surface area contributed by atoms with Gasteiger partial charge in [0, 0.05) is 11.5 Å². The minimum absolute atomic E-state index is 0.134. The summed E-state index contributed by atoms with van der Waals surface area (Å²) in [7, 11) is 3.15. The maximum absolute atomic E-state index is 13.2. The third-order valence-electron chi connectivity index (χ3n) is 9.25. The average Bonchev–Trinajstić information content (AvgIpc) is 3.28. The van der Waals surface area contributed by atoms with E-state index >= 15 is 0 Å². The SMILES string of the molecule is COC(=O)C1CC23CCCN4CC[C@@]5(c6cccc(OC)c6N(C=O)C15CC2)[C@@H]43. The van der Waals surface area contributed by atoms with Gasteiger partial charge in [-0.3, -0.25) is 14.5 Å². The summed E-state index contributed by atoms with van der Waals surface area (Å²) in [5.74, 6) is 0.269. The number of fused-ring (bicyclic) bond motifs is 3. The van der Waals surface area contributed by atoms with E-state index in [-0.39, 0.29) is 22.7 Å². The molecule has 2 bridgehead atoms. The van der Waals surface area contributed by atoms with Crippen molar-refractivity contribution in [2.45, 2.75) is 55.5 Å². The predicted molar refractivity (Wildman–Crippen MR) is 107 cm³/mol. The lowest BCUT2D eigenvalue weighted by atomic mass is 9.38. The number of benzene rings is 1. The molecule has 6 heteroatoms. The van der Waals surface area contributed by atoms with E-state index in [0.717, 1.165) is 56.6 Å². The lowest BCUT2D eigenvalue weighted by molar-refractivity contribution is -0.175. The third kappa shape index (κ3) is 1.68. The molecule has 6 nitrogen and oxygen atoms in total. The first-order valence-electron chi connectivity index (χ1n) is 10.8. The molecule has 0 N–H and O–H groups in total. The van der Waals surface area contributed by atoms with Gasteiger partial charge in [-0.25, -0.2) is 0 Å². The first-order chi connectivity index (χ1) is 14.1. The molecular formula is C23H28N2O4. The third-order valence-corrected chi connectivity index (χ3v) is 9.25. The second-order valence-corrected chi connectivity index (χ2v) is 9.66. The highest BCUT2D eigenvalue weighted by Gasteiger charge is 2.81. The van der Waals surface area contributed by atoms with Crippen LogP contribution >= 0.6 is 0 Å². The molecule has 1 amide bonds. The molecule has 2 saturated heterocycles. The number of hydrogen-bond acceptors (Lipinski definition) is 5. The van der Waals surface area contributed by atoms with Crippen molar-refractivity contribution in [3.8, 4) is 5.75 Å². The standard InChI is InChI=1S/C23H28N2O4/c1-28-17-6-3-5-15-18(17)25(14-26)23-9-8-21(13-16(23)19(27)29-2)7-4-11-24-12-10-22(15,23)20(21)24/h3,5-6,14,16,20H,4,7-13H2,1-2H3/t16?,20-,21?,22+,23?/m0/s1. The molecule has 5 fully saturated rings. The number of rotatable bonds is 3. The lowest BCUT2D eigenvalue weighted by Gasteiger charge is -2.69. The van der Waals surface area contributed by atoms with Gasteiger partial charge in [0.25, 0.3) is 0 Å². The van der Waals surface area contributed by atoms with Crippen molar-refractivity contribution in [2.75, 3.05) is 32.2 Å². The highest BCUT2D eigenvalue weighted by atomic mass is 16.5. The van der Waals surface area contributed by atoms with Gasteiger partial charge in [0.15, 0.2) is 0 Å². The molecular weight excluding hydrogens is 368 g/mol. The zero-order valence-corrected chi connectivity index (χ0v) is 17.1. The average molecular weight is 396 g/mol. The monoisotopic (exact) mass is 396 g/mol. The van der Waals surface area contributed by atoms with Crippen LogP contribution in [0.15, 0.2) is 18.2 Å². The second-order valence-electron chi connectivity index (χ2n) is 9.66. The van der Waals surface area contributed by atoms with Crippen molar-refractivity contribution >= 4 is 18.1 Å². The number of anilines is 1. The molecule has 3 unspecified atom stereocenters. The Hall–Kier alpha value is -2.08. The molecule has 1 aromatic rings. The van der Waals surface area contributed by atoms with Crippen molar-refractivity contribution in [1.29, 1.82) is 0 Å². The molecule has 3 saturated carbocycles. The molecule has 154 valence electrons. The van der Waals surface area contributed by atoms with E-state index in [1.54, 1.807) is 7.11 Å². The fourth-order valence-electron chi connectivity index (χ4n) is 8.65. The summed E-state index contributed by atoms with van der Waals surface area (Å²) in [6, 6.07) is 6.55. The topological polar surface area (TPSA) is 59.1 Å². The summed E-state index contributed by atoms with van der Waals surface area (Å²) in [6.07, 6.45) is 7.05. The summed E-state index contributed by atoms with van der Waals surface area (Å²) < 4.78 is 11.1. The van der Waals surface area contributed by atoms with E-state index in [0.29, 0.717) is 6.04 Å². The van der Waals surface area contributed by atoms with Gasteiger partial charge < -0.3 is 14.4 Å². The van der Waals surface area contributed by atoms with Gasteiger partial charge in [0.2, 0.25) is 6.41 Å². The predicted octanol–water partition coefficient (Wildman–Crippen LogP) is 2.49. The number of carbonyl (C=O) groups is 2. The van der Waals surface area contributed by atoms with Crippen LogP contribution in [0.25, 0.3) is 0 Å². The summed E-state index contributed by atoms with van der Waals surface area (Å²) in [6.45, 7) is 2.15. The Morgan fingerprint density at radius 2 is 2.03 bits per heavy atom. The number of hydrogen-bond donors (Lipinski definition) is 0. The minimum Gasteiger partial charge on any atom is -0.495 e. The van der Waals surface area contributed by atoms with Crippen LogP contribution in [0.3, 0.4) is 0 Å². The van der Waals surface area contributed by atoms with Crippen LogP contribution in [0.1, 0.15) is 44.1 Å². The number of ether oxygens (including phenoxy) is 2. The highest BCUT2D eigenvalue weighted by Crippen LogP contribution is 2.76. The fraction of sp³-hybridized carbons (Fsp3) is 0.652. The lowest BCUT2D eigenvalue weighted by Crippen LogP contribution is -2.78. The zero-order valence-electron chi connectivity index (χ0n) is 17.1. The van der Waals surface area contributed by atoms with Crippen LogP contribution in [-0.4, -0.2) is 56.2 Å². The van der Waals surface area contributed by atoms with E-state index in [1.807, 2.05) is 17.0 Å². The van der Waals surface area contributed by atoms with Gasteiger partial charge in [-0.2, -0.15) is 0 Å². The number of para-hydroxylation sites is 1. The number of carbonyl (C=O) groups excluding carboxylic acids is 2. The summed E-state index contributed by atoms with van der Waals surface area (Å²) >= 11 is 0. The molecule has 3 heterocycles. The van der Waals surface area contributed by atoms with Crippen LogP contribution in [0, 0.1) is 11.3 Å². The van der Waals surface area contributed by atoms with Gasteiger partial charge in [0.1, 0.15) is 5.75 Å². The van der Waals surface area contributed by atoms with Crippen LogP contribution < -0.4 is 9.64 Å². The Balaban J connectivity index is 1.70. The number of esters is 1. The Kier molecular flexibility index (Phi) is 3.39. The van der Waals surface area contributed by atoms with E-state index in [9.17, 15) is 9.59 Å². The van der Waals surface area contributed by atoms with Gasteiger partial charge in [-0.15, -0.1) is 0 Å². The number of piperidine rings is 1. The Labute approximate surface area is 171 Å². The van der Waals surface area contributed by atoms with Crippen LogP contribution in [0.2, 0.25) is 0 Å². The molecule has 3 spiro atoms. The van der Waals surface area contributed by atoms with Gasteiger partial charge in [-0.05, 0) is 68.7 Å². The molecule has 0 aromatic heterocycles. The van der Waals surface area contributed by atoms with E-state index < -0.39 is 5.54 Å². The van der Waals surface area contributed by atoms with E-state index in [4.69, 9.17) is 9.47 Å². The Bertz CT molecular complexity index is 918. The molecule has 7 rings (SSSR count). The van der Waals surface area contributed by atoms with Crippen LogP contribution in [-0.2, 0) is 19.7 Å². The number of nitrogens with zero attached hydrogens (tertiary/aromatic N) is 2. The second kappa shape index (κ2) is 5.54. The summed E-state index contributed by atoms with van der Waals surface area (Å²) in [5.41, 5.74) is 1.43. The largest absolute Gasteiger partial charge is 0.495 e. The molecule has 5 atom stereocenters. The van der Waals surface area contributed by atoms with E-state index in [2.05, 4.69) is 11.0 Å². The zero-order chi connectivity index (χ0) is 20.0. The van der Waals surface area contributed by atoms with Gasteiger partial charge >= 0.3 is 5.97 Å².